The van der Waals surface area contributed by atoms with Gasteiger partial charge >= 0.3 is 12.1 Å². The zero-order chi connectivity index (χ0) is 19.0. The molecule has 5 nitrogen and oxygen atoms in total. The van der Waals surface area contributed by atoms with Crippen LogP contribution in [0.15, 0.2) is 51.7 Å². The zero-order valence-electron chi connectivity index (χ0n) is 14.2. The molecule has 0 saturated carbocycles. The highest BCUT2D eigenvalue weighted by atomic mass is 19.4. The highest BCUT2D eigenvalue weighted by molar-refractivity contribution is 5.80. The number of fused-ring (bicyclic) bond motifs is 1. The van der Waals surface area contributed by atoms with Crippen LogP contribution < -0.4 is 10.5 Å². The SMILES string of the molecule is O=c1oc2ccc(-c3ccc(OC(F)(F)F)cc3)cc2n1C[C@@H]1CCCO1. The normalized spacial score (nSPS) is 17.5. The maximum Gasteiger partial charge on any atom is 0.573 e. The van der Waals surface area contributed by atoms with Gasteiger partial charge in [0, 0.05) is 6.61 Å². The molecule has 142 valence electrons. The summed E-state index contributed by atoms with van der Waals surface area (Å²) >= 11 is 0. The van der Waals surface area contributed by atoms with Crippen LogP contribution in [-0.4, -0.2) is 23.6 Å². The molecule has 0 bridgehead atoms. The van der Waals surface area contributed by atoms with E-state index < -0.39 is 12.1 Å². The molecular weight excluding hydrogens is 363 g/mol. The van der Waals surface area contributed by atoms with Gasteiger partial charge in [-0.3, -0.25) is 4.57 Å². The van der Waals surface area contributed by atoms with Gasteiger partial charge in [-0.1, -0.05) is 18.2 Å². The summed E-state index contributed by atoms with van der Waals surface area (Å²) in [7, 11) is 0. The molecule has 4 rings (SSSR count). The van der Waals surface area contributed by atoms with Crippen LogP contribution in [-0.2, 0) is 11.3 Å². The van der Waals surface area contributed by atoms with Crippen molar-refractivity contribution in [1.29, 1.82) is 0 Å². The summed E-state index contributed by atoms with van der Waals surface area (Å²) in [6.45, 7) is 1.10. The van der Waals surface area contributed by atoms with Gasteiger partial charge < -0.3 is 13.9 Å². The highest BCUT2D eigenvalue weighted by Gasteiger charge is 2.31. The van der Waals surface area contributed by atoms with Crippen LogP contribution in [0.2, 0.25) is 0 Å². The Morgan fingerprint density at radius 2 is 1.85 bits per heavy atom. The van der Waals surface area contributed by atoms with Gasteiger partial charge in [-0.25, -0.2) is 4.79 Å². The fourth-order valence-electron chi connectivity index (χ4n) is 3.26. The van der Waals surface area contributed by atoms with Gasteiger partial charge in [0.25, 0.3) is 0 Å². The number of hydrogen-bond acceptors (Lipinski definition) is 4. The fraction of sp³-hybridized carbons (Fsp3) is 0.316. The Labute approximate surface area is 151 Å². The maximum absolute atomic E-state index is 12.3. The summed E-state index contributed by atoms with van der Waals surface area (Å²) in [4.78, 5) is 12.2. The van der Waals surface area contributed by atoms with Crippen LogP contribution in [0.25, 0.3) is 22.2 Å². The van der Waals surface area contributed by atoms with Crippen molar-refractivity contribution in [3.8, 4) is 16.9 Å². The van der Waals surface area contributed by atoms with Crippen molar-refractivity contribution in [3.63, 3.8) is 0 Å². The maximum atomic E-state index is 12.3. The van der Waals surface area contributed by atoms with Crippen molar-refractivity contribution in [1.82, 2.24) is 4.57 Å². The van der Waals surface area contributed by atoms with E-state index in [4.69, 9.17) is 9.15 Å². The number of oxazole rings is 1. The molecule has 1 fully saturated rings. The molecule has 3 aromatic rings. The molecule has 0 spiro atoms. The van der Waals surface area contributed by atoms with Gasteiger partial charge in [0.2, 0.25) is 0 Å². The molecule has 27 heavy (non-hydrogen) atoms. The third-order valence-corrected chi connectivity index (χ3v) is 4.50. The van der Waals surface area contributed by atoms with Crippen molar-refractivity contribution in [2.45, 2.75) is 31.9 Å². The lowest BCUT2D eigenvalue weighted by atomic mass is 10.1. The molecular formula is C19H16F3NO4. The third kappa shape index (κ3) is 3.85. The summed E-state index contributed by atoms with van der Waals surface area (Å²) in [5.74, 6) is -0.738. The van der Waals surface area contributed by atoms with Crippen LogP contribution in [0.3, 0.4) is 0 Å². The monoisotopic (exact) mass is 379 g/mol. The molecule has 1 aliphatic rings. The third-order valence-electron chi connectivity index (χ3n) is 4.50. The Hall–Kier alpha value is -2.74. The first-order chi connectivity index (χ1) is 12.9. The van der Waals surface area contributed by atoms with Crippen LogP contribution in [0.1, 0.15) is 12.8 Å². The Balaban J connectivity index is 1.65. The van der Waals surface area contributed by atoms with E-state index in [-0.39, 0.29) is 11.9 Å². The van der Waals surface area contributed by atoms with E-state index in [9.17, 15) is 18.0 Å². The number of rotatable bonds is 4. The van der Waals surface area contributed by atoms with Crippen molar-refractivity contribution < 1.29 is 27.1 Å². The number of benzene rings is 2. The van der Waals surface area contributed by atoms with E-state index in [0.29, 0.717) is 29.8 Å². The highest BCUT2D eigenvalue weighted by Crippen LogP contribution is 2.28. The van der Waals surface area contributed by atoms with Crippen LogP contribution >= 0.6 is 0 Å². The quantitative estimate of drug-likeness (QED) is 0.677. The predicted molar refractivity (Wildman–Crippen MR) is 91.6 cm³/mol. The average molecular weight is 379 g/mol. The van der Waals surface area contributed by atoms with E-state index in [2.05, 4.69) is 4.74 Å². The second-order valence-corrected chi connectivity index (χ2v) is 6.37. The second-order valence-electron chi connectivity index (χ2n) is 6.37. The van der Waals surface area contributed by atoms with Crippen LogP contribution in [0.4, 0.5) is 13.2 Å². The summed E-state index contributed by atoms with van der Waals surface area (Å²) < 4.78 is 53.1. The van der Waals surface area contributed by atoms with Crippen LogP contribution in [0.5, 0.6) is 5.75 Å². The minimum absolute atomic E-state index is 0.0223. The average Bonchev–Trinajstić information content (AvgIpc) is 3.23. The topological polar surface area (TPSA) is 53.6 Å². The van der Waals surface area contributed by atoms with Gasteiger partial charge in [-0.05, 0) is 48.2 Å². The van der Waals surface area contributed by atoms with E-state index in [1.165, 1.54) is 28.8 Å². The fourth-order valence-corrected chi connectivity index (χ4v) is 3.26. The number of aromatic nitrogens is 1. The summed E-state index contributed by atoms with van der Waals surface area (Å²) in [6, 6.07) is 10.8. The lowest BCUT2D eigenvalue weighted by Gasteiger charge is -2.11. The largest absolute Gasteiger partial charge is 0.573 e. The molecule has 2 heterocycles. The lowest BCUT2D eigenvalue weighted by molar-refractivity contribution is -0.274. The minimum Gasteiger partial charge on any atom is -0.408 e. The molecule has 1 atom stereocenters. The Kier molecular flexibility index (Phi) is 4.43. The van der Waals surface area contributed by atoms with Gasteiger partial charge in [-0.2, -0.15) is 0 Å². The van der Waals surface area contributed by atoms with Gasteiger partial charge in [0.15, 0.2) is 5.58 Å². The van der Waals surface area contributed by atoms with Gasteiger partial charge in [0.1, 0.15) is 5.75 Å². The van der Waals surface area contributed by atoms with E-state index in [0.717, 1.165) is 18.4 Å². The first-order valence-electron chi connectivity index (χ1n) is 8.50. The molecule has 1 aliphatic heterocycles. The summed E-state index contributed by atoms with van der Waals surface area (Å²) in [5, 5.41) is 0. The zero-order valence-corrected chi connectivity index (χ0v) is 14.2. The molecule has 0 radical (unpaired) electrons. The number of halogens is 3. The molecule has 8 heteroatoms. The molecule has 1 aromatic heterocycles. The van der Waals surface area contributed by atoms with E-state index >= 15 is 0 Å². The lowest BCUT2D eigenvalue weighted by Crippen LogP contribution is -2.22. The summed E-state index contributed by atoms with van der Waals surface area (Å²) in [6.07, 6.45) is -2.90. The van der Waals surface area contributed by atoms with Crippen molar-refractivity contribution in [3.05, 3.63) is 53.0 Å². The van der Waals surface area contributed by atoms with Crippen LogP contribution in [0, 0.1) is 0 Å². The molecule has 0 amide bonds. The van der Waals surface area contributed by atoms with Gasteiger partial charge in [0.05, 0.1) is 18.2 Å². The van der Waals surface area contributed by atoms with Gasteiger partial charge in [-0.15, -0.1) is 13.2 Å². The molecule has 0 N–H and O–H groups in total. The number of alkyl halides is 3. The Morgan fingerprint density at radius 3 is 2.52 bits per heavy atom. The standard InChI is InChI=1S/C19H16F3NO4/c20-19(21,22)27-14-6-3-12(4-7-14)13-5-8-17-16(10-13)23(18(24)26-17)11-15-2-1-9-25-15/h3-8,10,15H,1-2,9,11H2/t15-/m0/s1. The minimum atomic E-state index is -4.73. The first-order valence-corrected chi connectivity index (χ1v) is 8.50. The second kappa shape index (κ2) is 6.77. The number of ether oxygens (including phenoxy) is 2. The van der Waals surface area contributed by atoms with Crippen molar-refractivity contribution in [2.24, 2.45) is 0 Å². The molecule has 2 aromatic carbocycles. The predicted octanol–water partition coefficient (Wildman–Crippen LogP) is 4.34. The van der Waals surface area contributed by atoms with Crippen molar-refractivity contribution in [2.75, 3.05) is 6.61 Å². The van der Waals surface area contributed by atoms with Crippen molar-refractivity contribution >= 4 is 11.1 Å². The van der Waals surface area contributed by atoms with E-state index in [1.54, 1.807) is 18.2 Å². The number of nitrogens with zero attached hydrogens (tertiary/aromatic N) is 1. The molecule has 1 saturated heterocycles. The van der Waals surface area contributed by atoms with E-state index in [1.807, 2.05) is 0 Å². The smallest absolute Gasteiger partial charge is 0.408 e. The first kappa shape index (κ1) is 17.7. The number of hydrogen-bond donors (Lipinski definition) is 0. The summed E-state index contributed by atoms with van der Waals surface area (Å²) in [5.41, 5.74) is 2.54. The molecule has 0 aliphatic carbocycles. The molecule has 0 unspecified atom stereocenters. The Morgan fingerprint density at radius 1 is 1.11 bits per heavy atom. The Bertz CT molecular complexity index is 998.